The number of methoxy groups -OCH3 is 1. The molecule has 0 aliphatic rings. The van der Waals surface area contributed by atoms with Crippen molar-refractivity contribution >= 4 is 22.5 Å². The molecule has 4 rings (SSSR count). The van der Waals surface area contributed by atoms with Gasteiger partial charge in [-0.3, -0.25) is 0 Å². The van der Waals surface area contributed by atoms with E-state index in [2.05, 4.69) is 48.5 Å². The molecule has 0 radical (unpaired) electrons. The highest BCUT2D eigenvalue weighted by Crippen LogP contribution is 2.37. The average molecular weight is 372 g/mol. The van der Waals surface area contributed by atoms with Gasteiger partial charge in [-0.05, 0) is 52.2 Å². The number of fused-ring (bicyclic) bond motifs is 1. The zero-order chi connectivity index (χ0) is 18.6. The maximum atomic E-state index is 11.0. The molecular weight excluding hydrogens is 352 g/mol. The minimum atomic E-state index is -0.704. The first-order chi connectivity index (χ1) is 13.2. The quantitative estimate of drug-likeness (QED) is 0.460. The molecule has 0 aromatic heterocycles. The molecule has 1 atom stereocenters. The van der Waals surface area contributed by atoms with Gasteiger partial charge >= 0.3 is 0 Å². The molecule has 2 nitrogen and oxygen atoms in total. The maximum Gasteiger partial charge on any atom is 0.119 e. The van der Waals surface area contributed by atoms with Crippen LogP contribution in [0, 0.1) is 0 Å². The molecule has 0 aliphatic carbocycles. The van der Waals surface area contributed by atoms with Crippen LogP contribution in [0.25, 0.3) is 10.8 Å². The lowest BCUT2D eigenvalue weighted by Crippen LogP contribution is -2.01. The van der Waals surface area contributed by atoms with E-state index in [-0.39, 0.29) is 0 Å². The van der Waals surface area contributed by atoms with Crippen LogP contribution in [0.5, 0.6) is 5.75 Å². The Bertz CT molecular complexity index is 1070. The predicted octanol–water partition coefficient (Wildman–Crippen LogP) is 6.08. The van der Waals surface area contributed by atoms with Gasteiger partial charge in [-0.15, -0.1) is 0 Å². The Morgan fingerprint density at radius 1 is 0.778 bits per heavy atom. The van der Waals surface area contributed by atoms with Crippen LogP contribution in [0.15, 0.2) is 101 Å². The van der Waals surface area contributed by atoms with E-state index in [0.29, 0.717) is 0 Å². The second kappa shape index (κ2) is 7.87. The Morgan fingerprint density at radius 3 is 2.41 bits per heavy atom. The molecule has 0 amide bonds. The molecule has 1 N–H and O–H groups in total. The summed E-state index contributed by atoms with van der Waals surface area (Å²) in [4.78, 5) is 2.20. The SMILES string of the molecule is COc1cccc(C(O)c2ccccc2Sc2ccc3ccccc3c2)c1. The third-order valence-electron chi connectivity index (χ3n) is 4.57. The van der Waals surface area contributed by atoms with Crippen molar-refractivity contribution in [1.82, 2.24) is 0 Å². The lowest BCUT2D eigenvalue weighted by molar-refractivity contribution is 0.217. The molecule has 1 unspecified atom stereocenters. The van der Waals surface area contributed by atoms with Crippen LogP contribution < -0.4 is 4.74 Å². The van der Waals surface area contributed by atoms with Crippen LogP contribution in [-0.4, -0.2) is 12.2 Å². The van der Waals surface area contributed by atoms with Gasteiger partial charge in [0.15, 0.2) is 0 Å². The van der Waals surface area contributed by atoms with Crippen LogP contribution in [-0.2, 0) is 0 Å². The summed E-state index contributed by atoms with van der Waals surface area (Å²) in [7, 11) is 1.63. The van der Waals surface area contributed by atoms with Crippen LogP contribution in [0.2, 0.25) is 0 Å². The minimum absolute atomic E-state index is 0.704. The van der Waals surface area contributed by atoms with Gasteiger partial charge in [0.1, 0.15) is 11.9 Å². The average Bonchev–Trinajstić information content (AvgIpc) is 2.73. The summed E-state index contributed by atoms with van der Waals surface area (Å²) >= 11 is 1.67. The molecule has 4 aromatic rings. The van der Waals surface area contributed by atoms with E-state index in [1.54, 1.807) is 18.9 Å². The second-order valence-electron chi connectivity index (χ2n) is 6.33. The van der Waals surface area contributed by atoms with Crippen molar-refractivity contribution in [3.05, 3.63) is 102 Å². The summed E-state index contributed by atoms with van der Waals surface area (Å²) in [5.41, 5.74) is 1.71. The van der Waals surface area contributed by atoms with Gasteiger partial charge in [0.25, 0.3) is 0 Å². The highest BCUT2D eigenvalue weighted by Gasteiger charge is 2.16. The van der Waals surface area contributed by atoms with Gasteiger partial charge in [-0.25, -0.2) is 0 Å². The molecular formula is C24H20O2S. The van der Waals surface area contributed by atoms with E-state index in [0.717, 1.165) is 26.7 Å². The van der Waals surface area contributed by atoms with Crippen molar-refractivity contribution in [1.29, 1.82) is 0 Å². The zero-order valence-electron chi connectivity index (χ0n) is 15.0. The second-order valence-corrected chi connectivity index (χ2v) is 7.44. The fourth-order valence-corrected chi connectivity index (χ4v) is 4.17. The molecule has 0 aliphatic heterocycles. The minimum Gasteiger partial charge on any atom is -0.497 e. The van der Waals surface area contributed by atoms with Crippen molar-refractivity contribution in [2.45, 2.75) is 15.9 Å². The van der Waals surface area contributed by atoms with Crippen LogP contribution in [0.4, 0.5) is 0 Å². The number of aliphatic hydroxyl groups is 1. The Balaban J connectivity index is 1.67. The van der Waals surface area contributed by atoms with Crippen molar-refractivity contribution < 1.29 is 9.84 Å². The Kier molecular flexibility index (Phi) is 5.14. The van der Waals surface area contributed by atoms with Crippen LogP contribution >= 0.6 is 11.8 Å². The number of hydrogen-bond acceptors (Lipinski definition) is 3. The largest absolute Gasteiger partial charge is 0.497 e. The van der Waals surface area contributed by atoms with Crippen LogP contribution in [0.3, 0.4) is 0 Å². The van der Waals surface area contributed by atoms with E-state index < -0.39 is 6.10 Å². The fraction of sp³-hybridized carbons (Fsp3) is 0.0833. The Morgan fingerprint density at radius 2 is 1.56 bits per heavy atom. The van der Waals surface area contributed by atoms with E-state index in [1.165, 1.54) is 10.8 Å². The monoisotopic (exact) mass is 372 g/mol. The first-order valence-electron chi connectivity index (χ1n) is 8.82. The highest BCUT2D eigenvalue weighted by atomic mass is 32.2. The van der Waals surface area contributed by atoms with E-state index in [1.807, 2.05) is 42.5 Å². The molecule has 0 spiro atoms. The third-order valence-corrected chi connectivity index (χ3v) is 5.65. The summed E-state index contributed by atoms with van der Waals surface area (Å²) in [6.07, 6.45) is -0.704. The van der Waals surface area contributed by atoms with E-state index in [9.17, 15) is 5.11 Å². The van der Waals surface area contributed by atoms with Crippen LogP contribution in [0.1, 0.15) is 17.2 Å². The number of hydrogen-bond donors (Lipinski definition) is 1. The van der Waals surface area contributed by atoms with Gasteiger partial charge in [0.2, 0.25) is 0 Å². The maximum absolute atomic E-state index is 11.0. The predicted molar refractivity (Wildman–Crippen MR) is 112 cm³/mol. The van der Waals surface area contributed by atoms with E-state index in [4.69, 9.17) is 4.74 Å². The lowest BCUT2D eigenvalue weighted by Gasteiger charge is -2.16. The third kappa shape index (κ3) is 3.85. The van der Waals surface area contributed by atoms with Crippen molar-refractivity contribution in [2.75, 3.05) is 7.11 Å². The summed E-state index contributed by atoms with van der Waals surface area (Å²) < 4.78 is 5.29. The number of benzene rings is 4. The zero-order valence-corrected chi connectivity index (χ0v) is 15.8. The standard InChI is InChI=1S/C24H20O2S/c1-26-20-10-6-9-19(15-20)24(25)22-11-4-5-12-23(22)27-21-14-13-17-7-2-3-8-18(17)16-21/h2-16,24-25H,1H3. The first kappa shape index (κ1) is 17.7. The lowest BCUT2D eigenvalue weighted by atomic mass is 10.0. The molecule has 0 bridgehead atoms. The first-order valence-corrected chi connectivity index (χ1v) is 9.64. The molecule has 4 aromatic carbocycles. The summed E-state index contributed by atoms with van der Waals surface area (Å²) in [5, 5.41) is 13.4. The molecule has 27 heavy (non-hydrogen) atoms. The van der Waals surface area contributed by atoms with E-state index >= 15 is 0 Å². The van der Waals surface area contributed by atoms with Crippen molar-refractivity contribution in [3.63, 3.8) is 0 Å². The molecule has 134 valence electrons. The Labute approximate surface area is 163 Å². The molecule has 0 heterocycles. The fourth-order valence-electron chi connectivity index (χ4n) is 3.15. The Hall–Kier alpha value is -2.75. The van der Waals surface area contributed by atoms with Gasteiger partial charge in [0.05, 0.1) is 7.11 Å². The van der Waals surface area contributed by atoms with Gasteiger partial charge in [0, 0.05) is 9.79 Å². The molecule has 3 heteroatoms. The van der Waals surface area contributed by atoms with Gasteiger partial charge in [-0.1, -0.05) is 72.4 Å². The molecule has 0 saturated heterocycles. The summed E-state index contributed by atoms with van der Waals surface area (Å²) in [6.45, 7) is 0. The topological polar surface area (TPSA) is 29.5 Å². The number of rotatable bonds is 5. The van der Waals surface area contributed by atoms with Crippen molar-refractivity contribution in [2.24, 2.45) is 0 Å². The van der Waals surface area contributed by atoms with Gasteiger partial charge < -0.3 is 9.84 Å². The normalized spacial score (nSPS) is 12.1. The molecule has 0 fully saturated rings. The molecule has 0 saturated carbocycles. The van der Waals surface area contributed by atoms with Gasteiger partial charge in [-0.2, -0.15) is 0 Å². The number of ether oxygens (including phenoxy) is 1. The summed E-state index contributed by atoms with van der Waals surface area (Å²) in [5.74, 6) is 0.742. The highest BCUT2D eigenvalue weighted by molar-refractivity contribution is 7.99. The number of aliphatic hydroxyl groups excluding tert-OH is 1. The summed E-state index contributed by atoms with van der Waals surface area (Å²) in [6, 6.07) is 30.4. The van der Waals surface area contributed by atoms with Crippen molar-refractivity contribution in [3.8, 4) is 5.75 Å². The smallest absolute Gasteiger partial charge is 0.119 e.